The van der Waals surface area contributed by atoms with Gasteiger partial charge in [-0.2, -0.15) is 0 Å². The fraction of sp³-hybridized carbons (Fsp3) is 0.455. The van der Waals surface area contributed by atoms with E-state index in [1.165, 1.54) is 34.2 Å². The monoisotopic (exact) mass is 662 g/mol. The number of nitrogens with zero attached hydrogens (tertiary/aromatic N) is 7. The molecule has 4 heterocycles. The zero-order valence-corrected chi connectivity index (χ0v) is 28.6. The number of aromatic nitrogens is 3. The number of carbonyl (C=O) groups is 3. The topological polar surface area (TPSA) is 148 Å². The van der Waals surface area contributed by atoms with Gasteiger partial charge in [0.15, 0.2) is 5.82 Å². The molecule has 0 bridgehead atoms. The molecule has 2 aliphatic rings. The highest BCUT2D eigenvalue weighted by molar-refractivity contribution is 6.07. The van der Waals surface area contributed by atoms with Crippen molar-refractivity contribution in [1.82, 2.24) is 19.9 Å². The van der Waals surface area contributed by atoms with Crippen molar-refractivity contribution in [3.63, 3.8) is 0 Å². The van der Waals surface area contributed by atoms with Gasteiger partial charge in [-0.1, -0.05) is 20.8 Å². The molecule has 1 saturated heterocycles. The lowest BCUT2D eigenvalue weighted by Crippen LogP contribution is -2.50. The minimum atomic E-state index is -0.719. The molecular weight excluding hydrogens is 619 g/mol. The number of pyridine rings is 1. The van der Waals surface area contributed by atoms with E-state index in [0.717, 1.165) is 11.3 Å². The number of halogens is 1. The van der Waals surface area contributed by atoms with E-state index in [0.29, 0.717) is 55.0 Å². The summed E-state index contributed by atoms with van der Waals surface area (Å²) in [4.78, 5) is 59.5. The molecule has 15 heteroatoms. The lowest BCUT2D eigenvalue weighted by atomic mass is 9.96. The molecule has 256 valence electrons. The molecule has 1 aromatic carbocycles. The third kappa shape index (κ3) is 7.50. The number of ether oxygens (including phenoxy) is 1. The predicted molar refractivity (Wildman–Crippen MR) is 184 cm³/mol. The van der Waals surface area contributed by atoms with Gasteiger partial charge in [0.25, 0.3) is 0 Å². The van der Waals surface area contributed by atoms with E-state index in [9.17, 15) is 14.4 Å². The van der Waals surface area contributed by atoms with Crippen molar-refractivity contribution >= 4 is 52.5 Å². The van der Waals surface area contributed by atoms with Gasteiger partial charge in [0.1, 0.15) is 28.7 Å². The average Bonchev–Trinajstić information content (AvgIpc) is 3.02. The second kappa shape index (κ2) is 13.1. The summed E-state index contributed by atoms with van der Waals surface area (Å²) in [5.74, 6) is 1.02. The number of anilines is 6. The van der Waals surface area contributed by atoms with Gasteiger partial charge in [-0.15, -0.1) is 0 Å². The van der Waals surface area contributed by atoms with Crippen molar-refractivity contribution in [3.05, 3.63) is 53.9 Å². The highest BCUT2D eigenvalue weighted by Crippen LogP contribution is 2.34. The molecule has 0 saturated carbocycles. The van der Waals surface area contributed by atoms with E-state index in [2.05, 4.69) is 25.9 Å². The van der Waals surface area contributed by atoms with Crippen LogP contribution in [0.2, 0.25) is 0 Å². The van der Waals surface area contributed by atoms with Crippen LogP contribution in [0.15, 0.2) is 36.7 Å². The van der Waals surface area contributed by atoms with Crippen LogP contribution < -0.4 is 30.7 Å². The molecule has 0 unspecified atom stereocenters. The Bertz CT molecular complexity index is 1710. The Balaban J connectivity index is 1.33. The van der Waals surface area contributed by atoms with Crippen molar-refractivity contribution < 1.29 is 23.5 Å². The summed E-state index contributed by atoms with van der Waals surface area (Å²) in [6, 6.07) is 4.86. The van der Waals surface area contributed by atoms with Gasteiger partial charge in [-0.3, -0.25) is 9.80 Å². The van der Waals surface area contributed by atoms with Gasteiger partial charge in [0, 0.05) is 69.2 Å². The molecule has 0 atom stereocenters. The Morgan fingerprint density at radius 2 is 1.62 bits per heavy atom. The lowest BCUT2D eigenvalue weighted by molar-refractivity contribution is 0.0240. The lowest BCUT2D eigenvalue weighted by Gasteiger charge is -2.37. The Hall–Kier alpha value is -5.21. The molecule has 48 heavy (non-hydrogen) atoms. The summed E-state index contributed by atoms with van der Waals surface area (Å²) in [5.41, 5.74) is 1.15. The fourth-order valence-corrected chi connectivity index (χ4v) is 5.31. The van der Waals surface area contributed by atoms with Crippen LogP contribution in [-0.4, -0.2) is 83.9 Å². The SMILES string of the molecule is CNc1cc2c(cn1)CN(c1ccc(F)c(NC(=O)Nc3cnc(C(C)(C)C)nc3N3CCN(C(=O)OC(C)(C)C)CC3)c1)C(=O)N2C. The number of rotatable bonds is 5. The van der Waals surface area contributed by atoms with E-state index in [1.54, 1.807) is 31.3 Å². The van der Waals surface area contributed by atoms with Gasteiger partial charge in [0.05, 0.1) is 24.1 Å². The maximum Gasteiger partial charge on any atom is 0.410 e. The number of carbonyl (C=O) groups excluding carboxylic acids is 3. The highest BCUT2D eigenvalue weighted by Gasteiger charge is 2.31. The first-order valence-corrected chi connectivity index (χ1v) is 15.7. The third-order valence-electron chi connectivity index (χ3n) is 7.85. The number of benzene rings is 1. The standard InChI is InChI=1S/C33H43FN10O4/c1-32(2,3)28-37-18-24(27(40-28)42-11-13-43(14-12-42)31(47)48-33(4,5)6)39-29(45)38-23-15-21(9-10-22(23)34)44-19-20-17-36-26(35-7)16-25(20)41(8)30(44)46/h9-10,15-18H,11-14,19H2,1-8H3,(H,35,36)(H2,38,39,45). The molecule has 2 aliphatic heterocycles. The fourth-order valence-electron chi connectivity index (χ4n) is 5.31. The second-order valence-corrected chi connectivity index (χ2v) is 13.8. The minimum absolute atomic E-state index is 0.116. The van der Waals surface area contributed by atoms with E-state index in [-0.39, 0.29) is 29.8 Å². The Labute approximate surface area is 279 Å². The number of amides is 5. The van der Waals surface area contributed by atoms with E-state index in [1.807, 2.05) is 46.4 Å². The van der Waals surface area contributed by atoms with Crippen molar-refractivity contribution in [2.45, 2.75) is 59.1 Å². The van der Waals surface area contributed by atoms with Gasteiger partial charge in [0.2, 0.25) is 0 Å². The average molecular weight is 663 g/mol. The van der Waals surface area contributed by atoms with Crippen molar-refractivity contribution in [1.29, 1.82) is 0 Å². The second-order valence-electron chi connectivity index (χ2n) is 13.8. The smallest absolute Gasteiger partial charge is 0.410 e. The Morgan fingerprint density at radius 1 is 0.938 bits per heavy atom. The molecule has 0 radical (unpaired) electrons. The summed E-state index contributed by atoms with van der Waals surface area (Å²) in [7, 11) is 3.41. The summed E-state index contributed by atoms with van der Waals surface area (Å²) in [5, 5.41) is 8.32. The van der Waals surface area contributed by atoms with Crippen LogP contribution in [0.4, 0.5) is 53.2 Å². The molecule has 0 spiro atoms. The molecule has 0 aliphatic carbocycles. The van der Waals surface area contributed by atoms with Crippen LogP contribution >= 0.6 is 0 Å². The van der Waals surface area contributed by atoms with Crippen LogP contribution in [0, 0.1) is 5.82 Å². The summed E-state index contributed by atoms with van der Waals surface area (Å²) in [6.07, 6.45) is 2.83. The number of hydrogen-bond donors (Lipinski definition) is 3. The molecule has 1 fully saturated rings. The van der Waals surface area contributed by atoms with Crippen molar-refractivity contribution in [3.8, 4) is 0 Å². The molecule has 3 N–H and O–H groups in total. The first kappa shape index (κ1) is 34.1. The molecule has 5 amide bonds. The predicted octanol–water partition coefficient (Wildman–Crippen LogP) is 5.63. The summed E-state index contributed by atoms with van der Waals surface area (Å²) >= 11 is 0. The van der Waals surface area contributed by atoms with Gasteiger partial charge >= 0.3 is 18.2 Å². The molecular formula is C33H43FN10O4. The zero-order chi connectivity index (χ0) is 35.0. The van der Waals surface area contributed by atoms with Crippen LogP contribution in [-0.2, 0) is 16.7 Å². The highest BCUT2D eigenvalue weighted by atomic mass is 19.1. The number of fused-ring (bicyclic) bond motifs is 1. The Kier molecular flexibility index (Phi) is 9.33. The first-order valence-electron chi connectivity index (χ1n) is 15.7. The maximum absolute atomic E-state index is 15.0. The van der Waals surface area contributed by atoms with Crippen LogP contribution in [0.3, 0.4) is 0 Å². The van der Waals surface area contributed by atoms with E-state index < -0.39 is 17.4 Å². The Morgan fingerprint density at radius 3 is 2.27 bits per heavy atom. The van der Waals surface area contributed by atoms with Crippen LogP contribution in [0.5, 0.6) is 0 Å². The first-order chi connectivity index (χ1) is 22.5. The zero-order valence-electron chi connectivity index (χ0n) is 28.6. The maximum atomic E-state index is 15.0. The molecule has 2 aromatic heterocycles. The third-order valence-corrected chi connectivity index (χ3v) is 7.85. The summed E-state index contributed by atoms with van der Waals surface area (Å²) < 4.78 is 20.6. The number of hydrogen-bond acceptors (Lipinski definition) is 9. The largest absolute Gasteiger partial charge is 0.444 e. The quantitative estimate of drug-likeness (QED) is 0.316. The van der Waals surface area contributed by atoms with Gasteiger partial charge < -0.3 is 30.5 Å². The van der Waals surface area contributed by atoms with Crippen LogP contribution in [0.1, 0.15) is 52.9 Å². The molecule has 14 nitrogen and oxygen atoms in total. The van der Waals surface area contributed by atoms with Gasteiger partial charge in [-0.05, 0) is 39.0 Å². The number of urea groups is 2. The van der Waals surface area contributed by atoms with Crippen LogP contribution in [0.25, 0.3) is 0 Å². The van der Waals surface area contributed by atoms with Crippen molar-refractivity contribution in [2.24, 2.45) is 0 Å². The minimum Gasteiger partial charge on any atom is -0.444 e. The van der Waals surface area contributed by atoms with Gasteiger partial charge in [-0.25, -0.2) is 33.7 Å². The van der Waals surface area contributed by atoms with E-state index in [4.69, 9.17) is 9.72 Å². The van der Waals surface area contributed by atoms with Crippen molar-refractivity contribution in [2.75, 3.05) is 70.9 Å². The normalized spacial score (nSPS) is 15.2. The van der Waals surface area contributed by atoms with E-state index >= 15 is 4.39 Å². The molecule has 3 aromatic rings. The number of nitrogens with one attached hydrogen (secondary N) is 3. The molecule has 5 rings (SSSR count). The number of piperazine rings is 1. The summed E-state index contributed by atoms with van der Waals surface area (Å²) in [6.45, 7) is 13.3.